The summed E-state index contributed by atoms with van der Waals surface area (Å²) < 4.78 is 0. The zero-order valence-corrected chi connectivity index (χ0v) is 13.1. The third kappa shape index (κ3) is 4.37. The molecule has 0 aliphatic rings. The smallest absolute Gasteiger partial charge is 0.265 e. The van der Waals surface area contributed by atoms with Crippen molar-refractivity contribution in [3.63, 3.8) is 0 Å². The van der Waals surface area contributed by atoms with Gasteiger partial charge in [-0.1, -0.05) is 11.3 Å². The van der Waals surface area contributed by atoms with Crippen molar-refractivity contribution in [2.45, 2.75) is 39.3 Å². The van der Waals surface area contributed by atoms with Gasteiger partial charge in [0, 0.05) is 12.6 Å². The number of nitrogens with two attached hydrogens (primary N) is 1. The molecule has 20 heavy (non-hydrogen) atoms. The van der Waals surface area contributed by atoms with Crippen LogP contribution in [0.1, 0.15) is 37.4 Å². The molecule has 0 fully saturated rings. The number of carbonyl (C=O) groups excluding carboxylic acids is 2. The lowest BCUT2D eigenvalue weighted by atomic mass is 10.1. The maximum atomic E-state index is 12.0. The Hall–Kier alpha value is -1.83. The normalized spacial score (nSPS) is 12.7. The van der Waals surface area contributed by atoms with Gasteiger partial charge in [-0.05, 0) is 27.7 Å². The second kappa shape index (κ2) is 6.08. The van der Waals surface area contributed by atoms with E-state index in [1.165, 1.54) is 0 Å². The monoisotopic (exact) mass is 299 g/mol. The molecule has 1 atom stereocenters. The number of hydrogen-bond donors (Lipinski definition) is 4. The Morgan fingerprint density at radius 2 is 1.95 bits per heavy atom. The third-order valence-corrected chi connectivity index (χ3v) is 3.40. The highest BCUT2D eigenvalue weighted by Crippen LogP contribution is 2.24. The highest BCUT2D eigenvalue weighted by atomic mass is 32.1. The number of carbonyl (C=O) groups is 2. The summed E-state index contributed by atoms with van der Waals surface area (Å²) >= 11 is 1.14. The van der Waals surface area contributed by atoms with Gasteiger partial charge in [-0.15, -0.1) is 0 Å². The lowest BCUT2D eigenvalue weighted by molar-refractivity contribution is -0.124. The van der Waals surface area contributed by atoms with Crippen LogP contribution in [0.4, 0.5) is 10.9 Å². The number of hydrogen-bond acceptors (Lipinski definition) is 6. The summed E-state index contributed by atoms with van der Waals surface area (Å²) in [6.45, 7) is 7.24. The van der Waals surface area contributed by atoms with E-state index < -0.39 is 11.9 Å². The summed E-state index contributed by atoms with van der Waals surface area (Å²) in [6, 6.07) is -0.652. The van der Waals surface area contributed by atoms with Crippen LogP contribution < -0.4 is 21.7 Å². The molecule has 1 unspecified atom stereocenters. The average molecular weight is 299 g/mol. The standard InChI is InChI=1S/C12H21N5O2S/c1-6(9(18)17-12(2,3)4)15-10(19)7-8(13)16-11(14-5)20-7/h6H,13H2,1-5H3,(H,14,16)(H,15,19)(H,17,18). The fraction of sp³-hybridized carbons (Fsp3) is 0.583. The summed E-state index contributed by atoms with van der Waals surface area (Å²) in [5.41, 5.74) is 5.32. The van der Waals surface area contributed by atoms with Crippen LogP contribution in [0.5, 0.6) is 0 Å². The Morgan fingerprint density at radius 3 is 2.40 bits per heavy atom. The van der Waals surface area contributed by atoms with Gasteiger partial charge < -0.3 is 21.7 Å². The molecule has 0 aliphatic heterocycles. The van der Waals surface area contributed by atoms with Crippen LogP contribution >= 0.6 is 11.3 Å². The van der Waals surface area contributed by atoms with Crippen LogP contribution in [-0.4, -0.2) is 35.4 Å². The Labute approximate surface area is 122 Å². The second-order valence-corrected chi connectivity index (χ2v) is 6.42. The van der Waals surface area contributed by atoms with Gasteiger partial charge in [-0.2, -0.15) is 0 Å². The first-order chi connectivity index (χ1) is 9.14. The van der Waals surface area contributed by atoms with E-state index in [1.807, 2.05) is 20.8 Å². The van der Waals surface area contributed by atoms with E-state index in [1.54, 1.807) is 14.0 Å². The van der Waals surface area contributed by atoms with Gasteiger partial charge in [-0.3, -0.25) is 9.59 Å². The van der Waals surface area contributed by atoms with Crippen LogP contribution in [-0.2, 0) is 4.79 Å². The third-order valence-electron chi connectivity index (χ3n) is 2.31. The number of thiazole rings is 1. The number of nitrogen functional groups attached to an aromatic ring is 1. The zero-order chi connectivity index (χ0) is 15.5. The van der Waals surface area contributed by atoms with Gasteiger partial charge in [-0.25, -0.2) is 4.98 Å². The lowest BCUT2D eigenvalue weighted by Gasteiger charge is -2.23. The Kier molecular flexibility index (Phi) is 4.93. The van der Waals surface area contributed by atoms with Crippen molar-refractivity contribution in [2.75, 3.05) is 18.1 Å². The predicted octanol–water partition coefficient (Wildman–Crippen LogP) is 0.800. The van der Waals surface area contributed by atoms with E-state index in [2.05, 4.69) is 20.9 Å². The van der Waals surface area contributed by atoms with Crippen LogP contribution in [0.2, 0.25) is 0 Å². The SMILES string of the molecule is CNc1nc(N)c(C(=O)NC(C)C(=O)NC(C)(C)C)s1. The first-order valence-electron chi connectivity index (χ1n) is 6.21. The molecule has 5 N–H and O–H groups in total. The molecule has 0 saturated heterocycles. The molecule has 112 valence electrons. The molecular formula is C12H21N5O2S. The molecule has 0 spiro atoms. The molecule has 1 aromatic rings. The van der Waals surface area contributed by atoms with Crippen LogP contribution in [0.15, 0.2) is 0 Å². The van der Waals surface area contributed by atoms with Crippen molar-refractivity contribution < 1.29 is 9.59 Å². The number of amides is 2. The highest BCUT2D eigenvalue weighted by molar-refractivity contribution is 7.18. The number of nitrogens with zero attached hydrogens (tertiary/aromatic N) is 1. The van der Waals surface area contributed by atoms with Gasteiger partial charge in [0.2, 0.25) is 5.91 Å². The van der Waals surface area contributed by atoms with Gasteiger partial charge in [0.05, 0.1) is 0 Å². The van der Waals surface area contributed by atoms with E-state index in [9.17, 15) is 9.59 Å². The fourth-order valence-corrected chi connectivity index (χ4v) is 2.15. The molecule has 2 amide bonds. The van der Waals surface area contributed by atoms with Gasteiger partial charge in [0.1, 0.15) is 16.7 Å². The predicted molar refractivity (Wildman–Crippen MR) is 80.9 cm³/mol. The summed E-state index contributed by atoms with van der Waals surface area (Å²) in [6.07, 6.45) is 0. The minimum Gasteiger partial charge on any atom is -0.382 e. The Morgan fingerprint density at radius 1 is 1.35 bits per heavy atom. The first kappa shape index (κ1) is 16.2. The van der Waals surface area contributed by atoms with Crippen molar-refractivity contribution in [1.29, 1.82) is 0 Å². The van der Waals surface area contributed by atoms with Crippen molar-refractivity contribution in [1.82, 2.24) is 15.6 Å². The van der Waals surface area contributed by atoms with Gasteiger partial charge >= 0.3 is 0 Å². The minimum absolute atomic E-state index is 0.153. The molecule has 0 radical (unpaired) electrons. The molecule has 0 saturated carbocycles. The van der Waals surface area contributed by atoms with Crippen molar-refractivity contribution in [3.05, 3.63) is 4.88 Å². The molecule has 0 bridgehead atoms. The Bertz CT molecular complexity index is 506. The van der Waals surface area contributed by atoms with Crippen molar-refractivity contribution in [2.24, 2.45) is 0 Å². The number of rotatable bonds is 4. The number of nitrogens with one attached hydrogen (secondary N) is 3. The molecule has 1 rings (SSSR count). The molecule has 8 heteroatoms. The summed E-state index contributed by atoms with van der Waals surface area (Å²) in [7, 11) is 1.69. The Balaban J connectivity index is 2.70. The summed E-state index contributed by atoms with van der Waals surface area (Å²) in [5, 5.41) is 8.78. The molecule has 0 aliphatic carbocycles. The second-order valence-electron chi connectivity index (χ2n) is 5.42. The molecule has 7 nitrogen and oxygen atoms in total. The minimum atomic E-state index is -0.652. The number of aromatic nitrogens is 1. The van der Waals surface area contributed by atoms with Crippen molar-refractivity contribution in [3.8, 4) is 0 Å². The lowest BCUT2D eigenvalue weighted by Crippen LogP contribution is -2.50. The summed E-state index contributed by atoms with van der Waals surface area (Å²) in [4.78, 5) is 28.2. The molecule has 1 aromatic heterocycles. The van der Waals surface area contributed by atoms with E-state index in [0.29, 0.717) is 10.0 Å². The van der Waals surface area contributed by atoms with Gasteiger partial charge in [0.25, 0.3) is 5.91 Å². The number of anilines is 2. The van der Waals surface area contributed by atoms with Crippen LogP contribution in [0.3, 0.4) is 0 Å². The molecule has 0 aromatic carbocycles. The van der Waals surface area contributed by atoms with E-state index in [-0.39, 0.29) is 17.3 Å². The maximum Gasteiger partial charge on any atom is 0.265 e. The molecule has 1 heterocycles. The molecular weight excluding hydrogens is 278 g/mol. The highest BCUT2D eigenvalue weighted by Gasteiger charge is 2.23. The first-order valence-corrected chi connectivity index (χ1v) is 7.02. The topological polar surface area (TPSA) is 109 Å². The van der Waals surface area contributed by atoms with E-state index >= 15 is 0 Å². The zero-order valence-electron chi connectivity index (χ0n) is 12.3. The average Bonchev–Trinajstić information content (AvgIpc) is 2.68. The quantitative estimate of drug-likeness (QED) is 0.657. The maximum absolute atomic E-state index is 12.0. The fourth-order valence-electron chi connectivity index (χ4n) is 1.41. The van der Waals surface area contributed by atoms with Crippen LogP contribution in [0, 0.1) is 0 Å². The van der Waals surface area contributed by atoms with E-state index in [0.717, 1.165) is 11.3 Å². The van der Waals surface area contributed by atoms with E-state index in [4.69, 9.17) is 5.73 Å². The van der Waals surface area contributed by atoms with Crippen LogP contribution in [0.25, 0.3) is 0 Å². The van der Waals surface area contributed by atoms with Crippen molar-refractivity contribution >= 4 is 34.1 Å². The van der Waals surface area contributed by atoms with Gasteiger partial charge in [0.15, 0.2) is 5.13 Å². The summed E-state index contributed by atoms with van der Waals surface area (Å²) in [5.74, 6) is -0.499. The largest absolute Gasteiger partial charge is 0.382 e.